The first-order chi connectivity index (χ1) is 10.6. The third-order valence-electron chi connectivity index (χ3n) is 4.18. The van der Waals surface area contributed by atoms with Crippen LogP contribution in [0, 0.1) is 0 Å². The van der Waals surface area contributed by atoms with Crippen molar-refractivity contribution in [3.05, 3.63) is 35.4 Å². The van der Waals surface area contributed by atoms with Gasteiger partial charge in [0.1, 0.15) is 12.1 Å². The van der Waals surface area contributed by atoms with Crippen molar-refractivity contribution in [3.63, 3.8) is 0 Å². The number of likely N-dealkylation sites (N-methyl/N-ethyl adjacent to an activating group) is 1. The van der Waals surface area contributed by atoms with Gasteiger partial charge in [-0.15, -0.1) is 0 Å². The summed E-state index contributed by atoms with van der Waals surface area (Å²) in [7, 11) is 1.46. The minimum Gasteiger partial charge on any atom is -0.358 e. The van der Waals surface area contributed by atoms with E-state index in [9.17, 15) is 14.4 Å². The summed E-state index contributed by atoms with van der Waals surface area (Å²) in [5.41, 5.74) is 0.696. The summed E-state index contributed by atoms with van der Waals surface area (Å²) in [5.74, 6) is -0.810. The molecule has 6 nitrogen and oxygen atoms in total. The van der Waals surface area contributed by atoms with Gasteiger partial charge in [0.2, 0.25) is 5.91 Å². The van der Waals surface area contributed by atoms with Crippen LogP contribution in [0.4, 0.5) is 4.79 Å². The molecule has 0 saturated carbocycles. The Balaban J connectivity index is 2.30. The number of amides is 4. The van der Waals surface area contributed by atoms with Gasteiger partial charge in [-0.2, -0.15) is 0 Å². The van der Waals surface area contributed by atoms with E-state index in [2.05, 4.69) is 31.4 Å². The monoisotopic (exact) mass is 317 g/mol. The molecule has 0 bridgehead atoms. The number of carbonyl (C=O) groups excluding carboxylic acids is 3. The molecule has 6 heteroatoms. The van der Waals surface area contributed by atoms with Crippen LogP contribution in [-0.4, -0.2) is 36.3 Å². The minimum atomic E-state index is -1.15. The molecule has 1 fully saturated rings. The van der Waals surface area contributed by atoms with Crippen molar-refractivity contribution >= 4 is 17.8 Å². The number of benzene rings is 1. The molecule has 4 amide bonds. The second kappa shape index (κ2) is 5.68. The third-order valence-corrected chi connectivity index (χ3v) is 4.18. The molecule has 2 rings (SSSR count). The van der Waals surface area contributed by atoms with Crippen LogP contribution >= 0.6 is 0 Å². The number of nitrogens with zero attached hydrogens (tertiary/aromatic N) is 1. The van der Waals surface area contributed by atoms with Crippen molar-refractivity contribution in [2.45, 2.75) is 38.6 Å². The number of hydrogen-bond acceptors (Lipinski definition) is 3. The predicted octanol–water partition coefficient (Wildman–Crippen LogP) is 1.50. The van der Waals surface area contributed by atoms with Gasteiger partial charge in [0.15, 0.2) is 0 Å². The first-order valence-corrected chi connectivity index (χ1v) is 7.55. The Labute approximate surface area is 136 Å². The van der Waals surface area contributed by atoms with Crippen LogP contribution in [-0.2, 0) is 20.5 Å². The highest BCUT2D eigenvalue weighted by atomic mass is 16.2. The number of carbonyl (C=O) groups is 3. The highest BCUT2D eigenvalue weighted by molar-refractivity contribution is 6.09. The van der Waals surface area contributed by atoms with Crippen molar-refractivity contribution in [2.24, 2.45) is 0 Å². The van der Waals surface area contributed by atoms with Crippen LogP contribution in [0.15, 0.2) is 24.3 Å². The number of rotatable bonds is 3. The standard InChI is InChI=1S/C17H23N3O3/c1-16(2,3)11-6-8-12(9-7-11)17(4)14(22)20(15(23)19-17)10-13(21)18-5/h6-9H,10H2,1-5H3,(H,18,21)(H,19,23)/t17-/m0/s1. The Morgan fingerprint density at radius 1 is 1.22 bits per heavy atom. The summed E-state index contributed by atoms with van der Waals surface area (Å²) in [6, 6.07) is 7.06. The van der Waals surface area contributed by atoms with E-state index in [0.717, 1.165) is 10.5 Å². The lowest BCUT2D eigenvalue weighted by molar-refractivity contribution is -0.134. The molecule has 1 aromatic rings. The maximum atomic E-state index is 12.6. The van der Waals surface area contributed by atoms with E-state index in [1.54, 1.807) is 6.92 Å². The van der Waals surface area contributed by atoms with Crippen LogP contribution in [0.5, 0.6) is 0 Å². The molecular weight excluding hydrogens is 294 g/mol. The first-order valence-electron chi connectivity index (χ1n) is 7.55. The topological polar surface area (TPSA) is 78.5 Å². The molecule has 1 aliphatic heterocycles. The molecule has 0 unspecified atom stereocenters. The molecule has 0 aromatic heterocycles. The molecule has 0 radical (unpaired) electrons. The molecular formula is C17H23N3O3. The Hall–Kier alpha value is -2.37. The lowest BCUT2D eigenvalue weighted by Crippen LogP contribution is -2.42. The summed E-state index contributed by atoms with van der Waals surface area (Å²) in [6.45, 7) is 7.70. The van der Waals surface area contributed by atoms with Gasteiger partial charge in [0, 0.05) is 7.05 Å². The smallest absolute Gasteiger partial charge is 0.325 e. The van der Waals surface area contributed by atoms with Crippen LogP contribution in [0.2, 0.25) is 0 Å². The highest BCUT2D eigenvalue weighted by Gasteiger charge is 2.49. The third kappa shape index (κ3) is 3.06. The van der Waals surface area contributed by atoms with E-state index in [-0.39, 0.29) is 17.9 Å². The Morgan fingerprint density at radius 3 is 2.26 bits per heavy atom. The quantitative estimate of drug-likeness (QED) is 0.829. The van der Waals surface area contributed by atoms with Crippen LogP contribution in [0.1, 0.15) is 38.8 Å². The lowest BCUT2D eigenvalue weighted by Gasteiger charge is -2.24. The summed E-state index contributed by atoms with van der Waals surface area (Å²) >= 11 is 0. The van der Waals surface area contributed by atoms with Crippen molar-refractivity contribution < 1.29 is 14.4 Å². The van der Waals surface area contributed by atoms with Crippen LogP contribution in [0.25, 0.3) is 0 Å². The molecule has 1 aliphatic rings. The van der Waals surface area contributed by atoms with Gasteiger partial charge >= 0.3 is 6.03 Å². The van der Waals surface area contributed by atoms with E-state index >= 15 is 0 Å². The second-order valence-electron chi connectivity index (χ2n) is 6.95. The average Bonchev–Trinajstić information content (AvgIpc) is 2.71. The Morgan fingerprint density at radius 2 is 1.78 bits per heavy atom. The predicted molar refractivity (Wildman–Crippen MR) is 86.8 cm³/mol. The van der Waals surface area contributed by atoms with Gasteiger partial charge in [0.05, 0.1) is 0 Å². The Kier molecular flexibility index (Phi) is 4.20. The molecule has 1 heterocycles. The summed E-state index contributed by atoms with van der Waals surface area (Å²) in [5, 5.41) is 5.10. The molecule has 124 valence electrons. The maximum Gasteiger partial charge on any atom is 0.325 e. The zero-order valence-electron chi connectivity index (χ0n) is 14.2. The van der Waals surface area contributed by atoms with E-state index in [0.29, 0.717) is 5.56 Å². The van der Waals surface area contributed by atoms with Crippen LogP contribution in [0.3, 0.4) is 0 Å². The zero-order valence-corrected chi connectivity index (χ0v) is 14.2. The van der Waals surface area contributed by atoms with Crippen molar-refractivity contribution in [3.8, 4) is 0 Å². The Bertz CT molecular complexity index is 646. The van der Waals surface area contributed by atoms with E-state index in [1.807, 2.05) is 24.3 Å². The number of nitrogens with one attached hydrogen (secondary N) is 2. The molecule has 0 aliphatic carbocycles. The molecule has 1 aromatic carbocycles. The SMILES string of the molecule is CNC(=O)CN1C(=O)N[C@@](C)(c2ccc(C(C)(C)C)cc2)C1=O. The van der Waals surface area contributed by atoms with E-state index in [1.165, 1.54) is 7.05 Å². The van der Waals surface area contributed by atoms with E-state index in [4.69, 9.17) is 0 Å². The molecule has 1 atom stereocenters. The average molecular weight is 317 g/mol. The van der Waals surface area contributed by atoms with E-state index < -0.39 is 17.5 Å². The lowest BCUT2D eigenvalue weighted by atomic mass is 9.84. The zero-order chi connectivity index (χ0) is 17.4. The van der Waals surface area contributed by atoms with Crippen molar-refractivity contribution in [2.75, 3.05) is 13.6 Å². The number of urea groups is 1. The van der Waals surface area contributed by atoms with Gasteiger partial charge in [-0.05, 0) is 23.5 Å². The highest BCUT2D eigenvalue weighted by Crippen LogP contribution is 2.30. The summed E-state index contributed by atoms with van der Waals surface area (Å²) < 4.78 is 0. The first kappa shape index (κ1) is 17.0. The fourth-order valence-corrected chi connectivity index (χ4v) is 2.56. The largest absolute Gasteiger partial charge is 0.358 e. The maximum absolute atomic E-state index is 12.6. The fraction of sp³-hybridized carbons (Fsp3) is 0.471. The van der Waals surface area contributed by atoms with Crippen LogP contribution < -0.4 is 10.6 Å². The molecule has 1 saturated heterocycles. The van der Waals surface area contributed by atoms with Gasteiger partial charge in [-0.1, -0.05) is 45.0 Å². The molecule has 0 spiro atoms. The number of hydrogen-bond donors (Lipinski definition) is 2. The van der Waals surface area contributed by atoms with Gasteiger partial charge in [0.25, 0.3) is 5.91 Å². The normalized spacial score (nSPS) is 21.3. The van der Waals surface area contributed by atoms with Crippen molar-refractivity contribution in [1.29, 1.82) is 0 Å². The number of imide groups is 1. The summed E-state index contributed by atoms with van der Waals surface area (Å²) in [4.78, 5) is 37.1. The van der Waals surface area contributed by atoms with Gasteiger partial charge in [-0.3, -0.25) is 14.5 Å². The van der Waals surface area contributed by atoms with Crippen molar-refractivity contribution in [1.82, 2.24) is 15.5 Å². The van der Waals surface area contributed by atoms with Gasteiger partial charge < -0.3 is 10.6 Å². The second-order valence-corrected chi connectivity index (χ2v) is 6.95. The molecule has 23 heavy (non-hydrogen) atoms. The summed E-state index contributed by atoms with van der Waals surface area (Å²) in [6.07, 6.45) is 0. The van der Waals surface area contributed by atoms with Gasteiger partial charge in [-0.25, -0.2) is 4.79 Å². The fourth-order valence-electron chi connectivity index (χ4n) is 2.56. The molecule has 2 N–H and O–H groups in total. The minimum absolute atomic E-state index is 0.00756.